The molecule has 1 aromatic heterocycles. The van der Waals surface area contributed by atoms with Crippen LogP contribution in [0.5, 0.6) is 0 Å². The number of aliphatic hydroxyl groups excluding tert-OH is 1. The van der Waals surface area contributed by atoms with Gasteiger partial charge in [0.1, 0.15) is 6.04 Å². The van der Waals surface area contributed by atoms with Gasteiger partial charge in [0.25, 0.3) is 0 Å². The van der Waals surface area contributed by atoms with Crippen molar-refractivity contribution in [3.05, 3.63) is 18.0 Å². The zero-order chi connectivity index (χ0) is 17.3. The minimum absolute atomic E-state index is 0.0714. The van der Waals surface area contributed by atoms with Gasteiger partial charge >= 0.3 is 0 Å². The number of nitrogens with zero attached hydrogens (tertiary/aromatic N) is 3. The van der Waals surface area contributed by atoms with E-state index in [0.717, 1.165) is 24.8 Å². The lowest BCUT2D eigenvalue weighted by atomic mass is 9.58. The summed E-state index contributed by atoms with van der Waals surface area (Å²) in [6, 6.07) is -0.373. The van der Waals surface area contributed by atoms with Gasteiger partial charge in [0, 0.05) is 50.3 Å². The molecule has 134 valence electrons. The quantitative estimate of drug-likeness (QED) is 0.817. The first-order valence-corrected chi connectivity index (χ1v) is 8.76. The Bertz CT molecular complexity index is 578. The van der Waals surface area contributed by atoms with Gasteiger partial charge in [-0.2, -0.15) is 5.10 Å². The molecule has 1 spiro atoms. The molecule has 1 aliphatic heterocycles. The molecule has 7 heteroatoms. The summed E-state index contributed by atoms with van der Waals surface area (Å²) in [6.07, 6.45) is 5.74. The molecular formula is C17H28N4O3. The topological polar surface area (TPSA) is 79.6 Å². The lowest BCUT2D eigenvalue weighted by molar-refractivity contribution is -0.210. The van der Waals surface area contributed by atoms with E-state index in [4.69, 9.17) is 4.74 Å². The Labute approximate surface area is 143 Å². The van der Waals surface area contributed by atoms with Crippen LogP contribution in [0, 0.1) is 5.41 Å². The Kier molecular flexibility index (Phi) is 4.94. The molecule has 2 aliphatic rings. The fourth-order valence-electron chi connectivity index (χ4n) is 4.16. The van der Waals surface area contributed by atoms with E-state index in [2.05, 4.69) is 10.4 Å². The van der Waals surface area contributed by atoms with E-state index in [-0.39, 0.29) is 29.6 Å². The van der Waals surface area contributed by atoms with Gasteiger partial charge in [0.2, 0.25) is 5.91 Å². The number of hydrogen-bond acceptors (Lipinski definition) is 5. The molecule has 1 aliphatic carbocycles. The molecule has 0 bridgehead atoms. The summed E-state index contributed by atoms with van der Waals surface area (Å²) < 4.78 is 7.50. The van der Waals surface area contributed by atoms with E-state index in [1.807, 2.05) is 25.1 Å². The summed E-state index contributed by atoms with van der Waals surface area (Å²) >= 11 is 0. The molecule has 0 aromatic carbocycles. The number of ether oxygens (including phenoxy) is 1. The van der Waals surface area contributed by atoms with Crippen LogP contribution in [0.3, 0.4) is 0 Å². The molecule has 1 saturated heterocycles. The molecule has 0 radical (unpaired) electrons. The standard InChI is InChI=1S/C17H28N4O3/c1-4-24-14-9-13(22)17(14)5-7-21(8-6-17)16(23)15(18-2)12-10-19-20(3)11-12/h10-11,13-15,18,22H,4-9H2,1-3H3. The Morgan fingerprint density at radius 1 is 1.54 bits per heavy atom. The van der Waals surface area contributed by atoms with Crippen LogP contribution in [0.15, 0.2) is 12.4 Å². The van der Waals surface area contributed by atoms with E-state index in [1.54, 1.807) is 17.9 Å². The number of likely N-dealkylation sites (N-methyl/N-ethyl adjacent to an activating group) is 1. The Morgan fingerprint density at radius 3 is 2.75 bits per heavy atom. The van der Waals surface area contributed by atoms with Gasteiger partial charge < -0.3 is 20.1 Å². The number of aromatic nitrogens is 2. The first kappa shape index (κ1) is 17.4. The SMILES string of the molecule is CCOC1CC(O)C12CCN(C(=O)C(NC)c1cnn(C)c1)CC2. The molecular weight excluding hydrogens is 308 g/mol. The number of carbonyl (C=O) groups excluding carboxylic acids is 1. The highest BCUT2D eigenvalue weighted by atomic mass is 16.5. The third-order valence-corrected chi connectivity index (χ3v) is 5.71. The van der Waals surface area contributed by atoms with E-state index in [0.29, 0.717) is 19.7 Å². The summed E-state index contributed by atoms with van der Waals surface area (Å²) in [5.74, 6) is 0.0714. The first-order valence-electron chi connectivity index (χ1n) is 8.76. The van der Waals surface area contributed by atoms with Crippen molar-refractivity contribution < 1.29 is 14.6 Å². The molecule has 2 N–H and O–H groups in total. The number of likely N-dealkylation sites (tertiary alicyclic amines) is 1. The second kappa shape index (κ2) is 6.82. The van der Waals surface area contributed by atoms with Crippen molar-refractivity contribution in [2.45, 2.75) is 44.4 Å². The van der Waals surface area contributed by atoms with Crippen LogP contribution in [-0.2, 0) is 16.6 Å². The highest BCUT2D eigenvalue weighted by molar-refractivity contribution is 5.83. The smallest absolute Gasteiger partial charge is 0.244 e. The highest BCUT2D eigenvalue weighted by Gasteiger charge is 2.56. The molecule has 2 fully saturated rings. The van der Waals surface area contributed by atoms with Crippen molar-refractivity contribution in [2.75, 3.05) is 26.7 Å². The largest absolute Gasteiger partial charge is 0.392 e. The molecule has 3 rings (SSSR count). The number of rotatable bonds is 5. The number of carbonyl (C=O) groups is 1. The molecule has 1 aromatic rings. The van der Waals surface area contributed by atoms with Gasteiger partial charge in [0.15, 0.2) is 0 Å². The molecule has 1 amide bonds. The molecule has 24 heavy (non-hydrogen) atoms. The average molecular weight is 336 g/mol. The van der Waals surface area contributed by atoms with Crippen molar-refractivity contribution in [3.8, 4) is 0 Å². The van der Waals surface area contributed by atoms with Crippen molar-refractivity contribution >= 4 is 5.91 Å². The van der Waals surface area contributed by atoms with Crippen LogP contribution in [0.4, 0.5) is 0 Å². The number of piperidine rings is 1. The van der Waals surface area contributed by atoms with Crippen LogP contribution < -0.4 is 5.32 Å². The van der Waals surface area contributed by atoms with E-state index >= 15 is 0 Å². The van der Waals surface area contributed by atoms with Crippen molar-refractivity contribution in [1.82, 2.24) is 20.0 Å². The Morgan fingerprint density at radius 2 is 2.25 bits per heavy atom. The fraction of sp³-hybridized carbons (Fsp3) is 0.765. The lowest BCUT2D eigenvalue weighted by Gasteiger charge is -2.56. The van der Waals surface area contributed by atoms with Gasteiger partial charge in [0.05, 0.1) is 18.4 Å². The second-order valence-corrected chi connectivity index (χ2v) is 6.92. The van der Waals surface area contributed by atoms with E-state index < -0.39 is 0 Å². The number of hydrogen-bond donors (Lipinski definition) is 2. The second-order valence-electron chi connectivity index (χ2n) is 6.92. The van der Waals surface area contributed by atoms with Gasteiger partial charge in [-0.05, 0) is 26.8 Å². The van der Waals surface area contributed by atoms with Crippen LogP contribution >= 0.6 is 0 Å². The number of aliphatic hydroxyl groups is 1. The molecule has 2 heterocycles. The predicted octanol–water partition coefficient (Wildman–Crippen LogP) is 0.459. The maximum atomic E-state index is 12.9. The van der Waals surface area contributed by atoms with Crippen molar-refractivity contribution in [3.63, 3.8) is 0 Å². The fourth-order valence-corrected chi connectivity index (χ4v) is 4.16. The Balaban J connectivity index is 1.64. The van der Waals surface area contributed by atoms with Crippen LogP contribution in [-0.4, -0.2) is 64.6 Å². The highest BCUT2D eigenvalue weighted by Crippen LogP contribution is 2.51. The van der Waals surface area contributed by atoms with Crippen LogP contribution in [0.25, 0.3) is 0 Å². The van der Waals surface area contributed by atoms with Gasteiger partial charge in [-0.25, -0.2) is 0 Å². The average Bonchev–Trinajstić information content (AvgIpc) is 3.01. The van der Waals surface area contributed by atoms with Crippen LogP contribution in [0.1, 0.15) is 37.8 Å². The van der Waals surface area contributed by atoms with E-state index in [9.17, 15) is 9.90 Å². The molecule has 3 unspecified atom stereocenters. The first-order chi connectivity index (χ1) is 11.5. The molecule has 3 atom stereocenters. The van der Waals surface area contributed by atoms with Gasteiger partial charge in [-0.3, -0.25) is 9.48 Å². The monoisotopic (exact) mass is 336 g/mol. The summed E-state index contributed by atoms with van der Waals surface area (Å²) in [5.41, 5.74) is 0.720. The molecule has 7 nitrogen and oxygen atoms in total. The number of amides is 1. The third-order valence-electron chi connectivity index (χ3n) is 5.71. The molecule has 1 saturated carbocycles. The van der Waals surface area contributed by atoms with Crippen molar-refractivity contribution in [1.29, 1.82) is 0 Å². The number of nitrogens with one attached hydrogen (secondary N) is 1. The summed E-state index contributed by atoms with van der Waals surface area (Å²) in [5, 5.41) is 17.5. The summed E-state index contributed by atoms with van der Waals surface area (Å²) in [7, 11) is 3.64. The summed E-state index contributed by atoms with van der Waals surface area (Å²) in [6.45, 7) is 3.99. The van der Waals surface area contributed by atoms with E-state index in [1.165, 1.54) is 0 Å². The van der Waals surface area contributed by atoms with Gasteiger partial charge in [-0.1, -0.05) is 0 Å². The van der Waals surface area contributed by atoms with Crippen molar-refractivity contribution in [2.24, 2.45) is 12.5 Å². The normalized spacial score (nSPS) is 27.1. The maximum Gasteiger partial charge on any atom is 0.244 e. The minimum Gasteiger partial charge on any atom is -0.392 e. The van der Waals surface area contributed by atoms with Gasteiger partial charge in [-0.15, -0.1) is 0 Å². The number of aryl methyl sites for hydroxylation is 1. The minimum atomic E-state index is -0.373. The third kappa shape index (κ3) is 2.85. The summed E-state index contributed by atoms with van der Waals surface area (Å²) in [4.78, 5) is 14.8. The zero-order valence-corrected chi connectivity index (χ0v) is 14.7. The predicted molar refractivity (Wildman–Crippen MR) is 89.3 cm³/mol. The van der Waals surface area contributed by atoms with Crippen LogP contribution in [0.2, 0.25) is 0 Å². The Hall–Kier alpha value is -1.44. The zero-order valence-electron chi connectivity index (χ0n) is 14.7. The lowest BCUT2D eigenvalue weighted by Crippen LogP contribution is -2.63. The maximum absolute atomic E-state index is 12.9.